The minimum Gasteiger partial charge on any atom is -0.354 e. The zero-order valence-electron chi connectivity index (χ0n) is 15.6. The fraction of sp³-hybridized carbons (Fsp3) is 0.455. The molecule has 1 unspecified atom stereocenters. The Hall–Kier alpha value is -2.20. The van der Waals surface area contributed by atoms with E-state index < -0.39 is 0 Å². The maximum atomic E-state index is 12.3. The van der Waals surface area contributed by atoms with E-state index in [1.54, 1.807) is 12.4 Å². The van der Waals surface area contributed by atoms with Crippen molar-refractivity contribution in [3.05, 3.63) is 66.0 Å². The van der Waals surface area contributed by atoms with E-state index in [1.807, 2.05) is 18.2 Å². The van der Waals surface area contributed by atoms with Crippen LogP contribution in [0, 0.1) is 5.92 Å². The number of pyridine rings is 1. The lowest BCUT2D eigenvalue weighted by Crippen LogP contribution is -2.42. The Morgan fingerprint density at radius 2 is 1.85 bits per heavy atom. The fourth-order valence-corrected chi connectivity index (χ4v) is 3.58. The summed E-state index contributed by atoms with van der Waals surface area (Å²) in [5, 5.41) is 3.16. The van der Waals surface area contributed by atoms with Crippen LogP contribution in [0.1, 0.15) is 43.4 Å². The van der Waals surface area contributed by atoms with Gasteiger partial charge >= 0.3 is 0 Å². The number of likely N-dealkylation sites (tertiary alicyclic amines) is 1. The number of carbonyl (C=O) groups is 1. The van der Waals surface area contributed by atoms with Crippen LogP contribution in [0.3, 0.4) is 0 Å². The molecule has 1 N–H and O–H groups in total. The van der Waals surface area contributed by atoms with Gasteiger partial charge in [-0.3, -0.25) is 14.7 Å². The number of amides is 1. The molecular weight excluding hydrogens is 322 g/mol. The Labute approximate surface area is 156 Å². The van der Waals surface area contributed by atoms with Crippen LogP contribution in [-0.4, -0.2) is 35.4 Å². The summed E-state index contributed by atoms with van der Waals surface area (Å²) in [4.78, 5) is 18.9. The Bertz CT molecular complexity index is 666. The van der Waals surface area contributed by atoms with Crippen molar-refractivity contribution in [3.8, 4) is 0 Å². The van der Waals surface area contributed by atoms with Crippen LogP contribution in [0.25, 0.3) is 0 Å². The second-order valence-corrected chi connectivity index (χ2v) is 7.30. The van der Waals surface area contributed by atoms with Crippen molar-refractivity contribution in [3.63, 3.8) is 0 Å². The summed E-state index contributed by atoms with van der Waals surface area (Å²) in [5.74, 6) is 0.922. The lowest BCUT2D eigenvalue weighted by atomic mass is 9.95. The van der Waals surface area contributed by atoms with Gasteiger partial charge in [-0.2, -0.15) is 0 Å². The monoisotopic (exact) mass is 351 g/mol. The van der Waals surface area contributed by atoms with Crippen molar-refractivity contribution >= 4 is 5.91 Å². The molecule has 2 heterocycles. The normalized spacial score (nSPS) is 17.0. The predicted octanol–water partition coefficient (Wildman–Crippen LogP) is 3.60. The quantitative estimate of drug-likeness (QED) is 0.829. The highest BCUT2D eigenvalue weighted by Gasteiger charge is 2.24. The van der Waals surface area contributed by atoms with Crippen molar-refractivity contribution in [2.24, 2.45) is 5.92 Å². The Morgan fingerprint density at radius 3 is 2.54 bits per heavy atom. The lowest BCUT2D eigenvalue weighted by molar-refractivity contribution is -0.121. The summed E-state index contributed by atoms with van der Waals surface area (Å²) in [6.07, 6.45) is 7.29. The summed E-state index contributed by atoms with van der Waals surface area (Å²) >= 11 is 0. The SMILES string of the molecule is CC1CCN(C(CNC(=O)CCc2ccncc2)c2ccccc2)CC1. The molecule has 0 aliphatic carbocycles. The van der Waals surface area contributed by atoms with Crippen molar-refractivity contribution < 1.29 is 4.79 Å². The van der Waals surface area contributed by atoms with E-state index in [0.717, 1.165) is 31.0 Å². The van der Waals surface area contributed by atoms with E-state index in [2.05, 4.69) is 46.4 Å². The number of rotatable bonds is 7. The minimum atomic E-state index is 0.119. The first-order valence-electron chi connectivity index (χ1n) is 9.67. The van der Waals surface area contributed by atoms with E-state index in [9.17, 15) is 4.79 Å². The number of piperidine rings is 1. The molecule has 26 heavy (non-hydrogen) atoms. The molecule has 1 aliphatic heterocycles. The van der Waals surface area contributed by atoms with Crippen LogP contribution in [0.5, 0.6) is 0 Å². The minimum absolute atomic E-state index is 0.119. The van der Waals surface area contributed by atoms with Gasteiger partial charge in [0.1, 0.15) is 0 Å². The number of hydrogen-bond acceptors (Lipinski definition) is 3. The third-order valence-electron chi connectivity index (χ3n) is 5.33. The third kappa shape index (κ3) is 5.40. The predicted molar refractivity (Wildman–Crippen MR) is 105 cm³/mol. The summed E-state index contributed by atoms with van der Waals surface area (Å²) in [7, 11) is 0. The summed E-state index contributed by atoms with van der Waals surface area (Å²) in [6.45, 7) is 5.21. The fourth-order valence-electron chi connectivity index (χ4n) is 3.58. The van der Waals surface area contributed by atoms with E-state index in [4.69, 9.17) is 0 Å². The van der Waals surface area contributed by atoms with Crippen LogP contribution in [-0.2, 0) is 11.2 Å². The van der Waals surface area contributed by atoms with Gasteiger partial charge in [0.15, 0.2) is 0 Å². The van der Waals surface area contributed by atoms with Gasteiger partial charge in [0.25, 0.3) is 0 Å². The van der Waals surface area contributed by atoms with Crippen molar-refractivity contribution in [2.45, 2.75) is 38.6 Å². The molecule has 4 nitrogen and oxygen atoms in total. The Balaban J connectivity index is 1.56. The second kappa shape index (κ2) is 9.48. The van der Waals surface area contributed by atoms with Gasteiger partial charge in [0.2, 0.25) is 5.91 Å². The number of aromatic nitrogens is 1. The average molecular weight is 351 g/mol. The molecule has 0 spiro atoms. The zero-order valence-corrected chi connectivity index (χ0v) is 15.6. The maximum absolute atomic E-state index is 12.3. The van der Waals surface area contributed by atoms with Gasteiger partial charge in [-0.25, -0.2) is 0 Å². The first kappa shape index (κ1) is 18.6. The van der Waals surface area contributed by atoms with Gasteiger partial charge in [-0.15, -0.1) is 0 Å². The number of nitrogens with zero attached hydrogens (tertiary/aromatic N) is 2. The van der Waals surface area contributed by atoms with Crippen LogP contribution in [0.15, 0.2) is 54.9 Å². The number of aryl methyl sites for hydroxylation is 1. The van der Waals surface area contributed by atoms with Crippen molar-refractivity contribution in [1.29, 1.82) is 0 Å². The smallest absolute Gasteiger partial charge is 0.220 e. The number of benzene rings is 1. The summed E-state index contributed by atoms with van der Waals surface area (Å²) in [5.41, 5.74) is 2.44. The standard InChI is InChI=1S/C22H29N3O/c1-18-11-15-25(16-12-18)21(20-5-3-2-4-6-20)17-24-22(26)8-7-19-9-13-23-14-10-19/h2-6,9-10,13-14,18,21H,7-8,11-12,15-17H2,1H3,(H,24,26). The van der Waals surface area contributed by atoms with E-state index >= 15 is 0 Å². The third-order valence-corrected chi connectivity index (χ3v) is 5.33. The molecule has 1 aromatic heterocycles. The number of carbonyl (C=O) groups excluding carboxylic acids is 1. The summed E-state index contributed by atoms with van der Waals surface area (Å²) < 4.78 is 0. The topological polar surface area (TPSA) is 45.2 Å². The van der Waals surface area contributed by atoms with Crippen LogP contribution >= 0.6 is 0 Å². The van der Waals surface area contributed by atoms with Gasteiger partial charge in [0, 0.05) is 25.4 Å². The first-order chi connectivity index (χ1) is 12.7. The molecule has 4 heteroatoms. The molecule has 138 valence electrons. The lowest BCUT2D eigenvalue weighted by Gasteiger charge is -2.37. The van der Waals surface area contributed by atoms with Gasteiger partial charge in [0.05, 0.1) is 6.04 Å². The Morgan fingerprint density at radius 1 is 1.15 bits per heavy atom. The van der Waals surface area contributed by atoms with Crippen LogP contribution < -0.4 is 5.32 Å². The molecule has 1 atom stereocenters. The molecule has 1 aromatic carbocycles. The molecule has 0 bridgehead atoms. The highest BCUT2D eigenvalue weighted by Crippen LogP contribution is 2.26. The average Bonchev–Trinajstić information content (AvgIpc) is 2.69. The highest BCUT2D eigenvalue weighted by atomic mass is 16.1. The van der Waals surface area contributed by atoms with E-state index in [0.29, 0.717) is 13.0 Å². The van der Waals surface area contributed by atoms with Crippen LogP contribution in [0.4, 0.5) is 0 Å². The second-order valence-electron chi connectivity index (χ2n) is 7.30. The van der Waals surface area contributed by atoms with E-state index in [1.165, 1.54) is 18.4 Å². The molecule has 1 fully saturated rings. The molecule has 0 saturated carbocycles. The summed E-state index contributed by atoms with van der Waals surface area (Å²) in [6, 6.07) is 14.8. The van der Waals surface area contributed by atoms with Crippen molar-refractivity contribution in [1.82, 2.24) is 15.2 Å². The Kier molecular flexibility index (Phi) is 6.78. The molecule has 1 aliphatic rings. The maximum Gasteiger partial charge on any atom is 0.220 e. The largest absolute Gasteiger partial charge is 0.354 e. The highest BCUT2D eigenvalue weighted by molar-refractivity contribution is 5.76. The molecule has 3 rings (SSSR count). The molecule has 1 saturated heterocycles. The molecule has 0 radical (unpaired) electrons. The van der Waals surface area contributed by atoms with Gasteiger partial charge in [-0.05, 0) is 61.5 Å². The zero-order chi connectivity index (χ0) is 18.2. The number of nitrogens with one attached hydrogen (secondary N) is 1. The number of hydrogen-bond donors (Lipinski definition) is 1. The first-order valence-corrected chi connectivity index (χ1v) is 9.67. The molecule has 2 aromatic rings. The van der Waals surface area contributed by atoms with Crippen LogP contribution in [0.2, 0.25) is 0 Å². The molecule has 1 amide bonds. The molecular formula is C22H29N3O. The van der Waals surface area contributed by atoms with Gasteiger partial charge in [-0.1, -0.05) is 37.3 Å². The van der Waals surface area contributed by atoms with Gasteiger partial charge < -0.3 is 5.32 Å². The van der Waals surface area contributed by atoms with Crippen molar-refractivity contribution in [2.75, 3.05) is 19.6 Å². The van der Waals surface area contributed by atoms with E-state index in [-0.39, 0.29) is 11.9 Å².